The minimum Gasteiger partial charge on any atom is -0.435 e. The predicted octanol–water partition coefficient (Wildman–Crippen LogP) is 3.96. The third-order valence-electron chi connectivity index (χ3n) is 3.13. The predicted molar refractivity (Wildman–Crippen MR) is 86.7 cm³/mol. The molecule has 1 N–H and O–H groups in total. The van der Waals surface area contributed by atoms with E-state index in [0.717, 1.165) is 24.3 Å². The summed E-state index contributed by atoms with van der Waals surface area (Å²) < 4.78 is 55.2. The molecule has 0 fully saturated rings. The maximum atomic E-state index is 12.4. The smallest absolute Gasteiger partial charge is 0.387 e. The van der Waals surface area contributed by atoms with E-state index < -0.39 is 32.1 Å². The lowest BCUT2D eigenvalue weighted by Crippen LogP contribution is -2.13. The first-order valence-electron chi connectivity index (χ1n) is 6.62. The van der Waals surface area contributed by atoms with Gasteiger partial charge in [-0.3, -0.25) is 14.8 Å². The highest BCUT2D eigenvalue weighted by Gasteiger charge is 2.22. The van der Waals surface area contributed by atoms with E-state index in [-0.39, 0.29) is 22.0 Å². The van der Waals surface area contributed by atoms with Gasteiger partial charge in [-0.15, -0.1) is 0 Å². The van der Waals surface area contributed by atoms with Crippen LogP contribution in [-0.4, -0.2) is 20.0 Å². The summed E-state index contributed by atoms with van der Waals surface area (Å²) in [6.45, 7) is -1.61. The molecule has 0 aliphatic carbocycles. The van der Waals surface area contributed by atoms with Gasteiger partial charge in [-0.05, 0) is 37.3 Å². The van der Waals surface area contributed by atoms with Crippen LogP contribution < -0.4 is 9.46 Å². The van der Waals surface area contributed by atoms with E-state index in [9.17, 15) is 27.3 Å². The highest BCUT2D eigenvalue weighted by atomic mass is 35.5. The molecule has 0 amide bonds. The van der Waals surface area contributed by atoms with Crippen LogP contribution in [0.3, 0.4) is 0 Å². The van der Waals surface area contributed by atoms with E-state index in [2.05, 4.69) is 9.46 Å². The zero-order valence-corrected chi connectivity index (χ0v) is 14.1. The van der Waals surface area contributed by atoms with E-state index in [1.54, 1.807) is 0 Å². The number of benzene rings is 2. The molecule has 0 radical (unpaired) electrons. The van der Waals surface area contributed by atoms with Crippen molar-refractivity contribution in [2.24, 2.45) is 0 Å². The van der Waals surface area contributed by atoms with Gasteiger partial charge in [-0.1, -0.05) is 11.6 Å². The van der Waals surface area contributed by atoms with Crippen LogP contribution in [0.2, 0.25) is 5.02 Å². The molecule has 0 bridgehead atoms. The second-order valence-corrected chi connectivity index (χ2v) is 6.90. The molecule has 0 spiro atoms. The first-order valence-corrected chi connectivity index (χ1v) is 8.48. The van der Waals surface area contributed by atoms with Crippen molar-refractivity contribution in [1.29, 1.82) is 0 Å². The van der Waals surface area contributed by atoms with Crippen LogP contribution in [0, 0.1) is 17.0 Å². The monoisotopic (exact) mass is 392 g/mol. The maximum Gasteiger partial charge on any atom is 0.387 e. The fourth-order valence-electron chi connectivity index (χ4n) is 1.90. The fraction of sp³-hybridized carbons (Fsp3) is 0.143. The van der Waals surface area contributed by atoms with Crippen molar-refractivity contribution >= 4 is 33.0 Å². The van der Waals surface area contributed by atoms with Crippen molar-refractivity contribution < 1.29 is 26.9 Å². The van der Waals surface area contributed by atoms with Gasteiger partial charge >= 0.3 is 6.61 Å². The highest BCUT2D eigenvalue weighted by Crippen LogP contribution is 2.30. The molecule has 0 aromatic heterocycles. The SMILES string of the molecule is Cc1c(Cl)cc(S(=O)(=O)Nc2ccc(OC(F)F)cc2)cc1[N+](=O)[O-]. The minimum atomic E-state index is -4.17. The number of nitrogens with one attached hydrogen (secondary N) is 1. The second-order valence-electron chi connectivity index (χ2n) is 4.81. The molecular formula is C14H11ClF2N2O5S. The van der Waals surface area contributed by atoms with Crippen molar-refractivity contribution in [2.75, 3.05) is 4.72 Å². The molecule has 0 aliphatic heterocycles. The van der Waals surface area contributed by atoms with Crippen molar-refractivity contribution in [3.8, 4) is 5.75 Å². The van der Waals surface area contributed by atoms with Gasteiger partial charge in [0.1, 0.15) is 5.75 Å². The molecule has 2 rings (SSSR count). The van der Waals surface area contributed by atoms with Crippen molar-refractivity contribution in [3.05, 3.63) is 57.1 Å². The Hall–Kier alpha value is -2.46. The summed E-state index contributed by atoms with van der Waals surface area (Å²) in [4.78, 5) is 9.85. The van der Waals surface area contributed by atoms with E-state index >= 15 is 0 Å². The average molecular weight is 393 g/mol. The Kier molecular flexibility index (Phi) is 5.43. The lowest BCUT2D eigenvalue weighted by molar-refractivity contribution is -0.385. The molecule has 0 heterocycles. The summed E-state index contributed by atoms with van der Waals surface area (Å²) in [5.41, 5.74) is -0.242. The molecule has 2 aromatic carbocycles. The van der Waals surface area contributed by atoms with Crippen molar-refractivity contribution in [2.45, 2.75) is 18.4 Å². The molecule has 0 saturated heterocycles. The second kappa shape index (κ2) is 7.19. The van der Waals surface area contributed by atoms with Crippen LogP contribution >= 0.6 is 11.6 Å². The number of anilines is 1. The Morgan fingerprint density at radius 1 is 1.24 bits per heavy atom. The molecule has 0 aliphatic rings. The number of alkyl halides is 2. The number of hydrogen-bond donors (Lipinski definition) is 1. The van der Waals surface area contributed by atoms with Gasteiger partial charge in [0, 0.05) is 17.3 Å². The molecule has 0 unspecified atom stereocenters. The average Bonchev–Trinajstić information content (AvgIpc) is 2.50. The molecule has 0 atom stereocenters. The van der Waals surface area contributed by atoms with Crippen LogP contribution in [-0.2, 0) is 10.0 Å². The fourth-order valence-corrected chi connectivity index (χ4v) is 3.29. The summed E-state index contributed by atoms with van der Waals surface area (Å²) in [5, 5.41) is 10.9. The van der Waals surface area contributed by atoms with Gasteiger partial charge in [0.2, 0.25) is 0 Å². The third-order valence-corrected chi connectivity index (χ3v) is 4.88. The number of ether oxygens (including phenoxy) is 1. The number of halogens is 3. The maximum absolute atomic E-state index is 12.4. The Morgan fingerprint density at radius 3 is 2.36 bits per heavy atom. The number of hydrogen-bond acceptors (Lipinski definition) is 5. The molecule has 7 nitrogen and oxygen atoms in total. The summed E-state index contributed by atoms with van der Waals surface area (Å²) >= 11 is 5.86. The molecule has 11 heteroatoms. The van der Waals surface area contributed by atoms with Gasteiger partial charge in [0.25, 0.3) is 15.7 Å². The molecule has 0 saturated carbocycles. The van der Waals surface area contributed by atoms with Gasteiger partial charge in [-0.25, -0.2) is 8.42 Å². The third kappa shape index (κ3) is 4.54. The molecular weight excluding hydrogens is 382 g/mol. The Balaban J connectivity index is 2.32. The number of rotatable bonds is 6. The summed E-state index contributed by atoms with van der Waals surface area (Å²) in [5.74, 6) is -0.146. The van der Waals surface area contributed by atoms with E-state index in [0.29, 0.717) is 0 Å². The van der Waals surface area contributed by atoms with Crippen molar-refractivity contribution in [3.63, 3.8) is 0 Å². The van der Waals surface area contributed by atoms with E-state index in [4.69, 9.17) is 11.6 Å². The van der Waals surface area contributed by atoms with Crippen LogP contribution in [0.25, 0.3) is 0 Å². The van der Waals surface area contributed by atoms with Crippen LogP contribution in [0.5, 0.6) is 5.75 Å². The zero-order chi connectivity index (χ0) is 18.8. The summed E-state index contributed by atoms with van der Waals surface area (Å²) in [7, 11) is -4.17. The highest BCUT2D eigenvalue weighted by molar-refractivity contribution is 7.92. The number of nitro groups is 1. The first kappa shape index (κ1) is 18.9. The Bertz CT molecular complexity index is 904. The first-order chi connectivity index (χ1) is 11.6. The normalized spacial score (nSPS) is 11.4. The van der Waals surface area contributed by atoms with Gasteiger partial charge in [-0.2, -0.15) is 8.78 Å². The topological polar surface area (TPSA) is 98.5 Å². The van der Waals surface area contributed by atoms with Crippen LogP contribution in [0.15, 0.2) is 41.3 Å². The minimum absolute atomic E-state index is 0.0565. The lowest BCUT2D eigenvalue weighted by atomic mass is 10.2. The Labute approximate surface area is 146 Å². The van der Waals surface area contributed by atoms with E-state index in [1.807, 2.05) is 0 Å². The molecule has 134 valence electrons. The largest absolute Gasteiger partial charge is 0.435 e. The Morgan fingerprint density at radius 2 is 1.84 bits per heavy atom. The number of nitro benzene ring substituents is 1. The standard InChI is InChI=1S/C14H11ClF2N2O5S/c1-8-12(15)6-11(7-13(8)19(20)21)25(22,23)18-9-2-4-10(5-3-9)24-14(16)17/h2-7,14,18H,1H3. The summed E-state index contributed by atoms with van der Waals surface area (Å²) in [6, 6.07) is 6.68. The van der Waals surface area contributed by atoms with E-state index in [1.165, 1.54) is 19.1 Å². The molecule has 2 aromatic rings. The quantitative estimate of drug-likeness (QED) is 0.592. The zero-order valence-electron chi connectivity index (χ0n) is 12.6. The van der Waals surface area contributed by atoms with Crippen LogP contribution in [0.1, 0.15) is 5.56 Å². The molecule has 25 heavy (non-hydrogen) atoms. The number of nitrogens with zero attached hydrogens (tertiary/aromatic N) is 1. The van der Waals surface area contributed by atoms with Gasteiger partial charge in [0.15, 0.2) is 0 Å². The van der Waals surface area contributed by atoms with Gasteiger partial charge < -0.3 is 4.74 Å². The van der Waals surface area contributed by atoms with Gasteiger partial charge in [0.05, 0.1) is 14.8 Å². The number of sulfonamides is 1. The lowest BCUT2D eigenvalue weighted by Gasteiger charge is -2.10. The summed E-state index contributed by atoms with van der Waals surface area (Å²) in [6.07, 6.45) is 0. The van der Waals surface area contributed by atoms with Crippen molar-refractivity contribution in [1.82, 2.24) is 0 Å². The van der Waals surface area contributed by atoms with Crippen LogP contribution in [0.4, 0.5) is 20.2 Å².